The van der Waals surface area contributed by atoms with Crippen molar-refractivity contribution in [2.24, 2.45) is 11.1 Å². The van der Waals surface area contributed by atoms with Crippen LogP contribution < -0.4 is 11.1 Å². The van der Waals surface area contributed by atoms with Gasteiger partial charge in [0.2, 0.25) is 5.91 Å². The molecule has 0 unspecified atom stereocenters. The summed E-state index contributed by atoms with van der Waals surface area (Å²) >= 11 is 0. The molecule has 0 aromatic carbocycles. The minimum Gasteiger partial charge on any atom is -0.392 e. The molecule has 1 atom stereocenters. The Morgan fingerprint density at radius 2 is 2.00 bits per heavy atom. The van der Waals surface area contributed by atoms with Crippen LogP contribution in [0.1, 0.15) is 33.6 Å². The van der Waals surface area contributed by atoms with Gasteiger partial charge in [-0.2, -0.15) is 0 Å². The lowest BCUT2D eigenvalue weighted by molar-refractivity contribution is -0.131. The third-order valence-corrected chi connectivity index (χ3v) is 2.78. The van der Waals surface area contributed by atoms with E-state index in [1.54, 1.807) is 6.92 Å². The van der Waals surface area contributed by atoms with Crippen molar-refractivity contribution in [3.8, 4) is 0 Å². The van der Waals surface area contributed by atoms with E-state index in [2.05, 4.69) is 5.32 Å². The first-order valence-electron chi connectivity index (χ1n) is 5.18. The van der Waals surface area contributed by atoms with Crippen LogP contribution in [-0.4, -0.2) is 30.2 Å². The highest BCUT2D eigenvalue weighted by atomic mass is 16.3. The molecule has 0 saturated carbocycles. The highest BCUT2D eigenvalue weighted by Crippen LogP contribution is 2.24. The van der Waals surface area contributed by atoms with Crippen LogP contribution in [0, 0.1) is 5.41 Å². The van der Waals surface area contributed by atoms with E-state index in [9.17, 15) is 4.79 Å². The topological polar surface area (TPSA) is 75.4 Å². The summed E-state index contributed by atoms with van der Waals surface area (Å²) in [5.41, 5.74) is 5.15. The molecule has 0 aliphatic rings. The number of amides is 1. The second-order valence-electron chi connectivity index (χ2n) is 3.75. The van der Waals surface area contributed by atoms with Gasteiger partial charge in [0, 0.05) is 13.1 Å². The van der Waals surface area contributed by atoms with Crippen molar-refractivity contribution in [1.82, 2.24) is 5.32 Å². The van der Waals surface area contributed by atoms with Gasteiger partial charge in [0.05, 0.1) is 11.5 Å². The minimum absolute atomic E-state index is 0.0501. The Hall–Kier alpha value is -0.610. The van der Waals surface area contributed by atoms with E-state index < -0.39 is 11.5 Å². The normalized spacial score (nSPS) is 13.8. The van der Waals surface area contributed by atoms with Crippen LogP contribution in [0.4, 0.5) is 0 Å². The molecule has 0 heterocycles. The maximum atomic E-state index is 11.8. The van der Waals surface area contributed by atoms with E-state index in [1.807, 2.05) is 13.8 Å². The smallest absolute Gasteiger partial charge is 0.227 e. The number of aliphatic hydroxyl groups excluding tert-OH is 1. The maximum absolute atomic E-state index is 11.8. The van der Waals surface area contributed by atoms with Gasteiger partial charge in [-0.05, 0) is 19.8 Å². The standard InChI is InChI=1S/C10H22N2O2/c1-4-10(5-2,7-11)9(14)12-6-8(3)13/h8,13H,4-7,11H2,1-3H3,(H,12,14)/t8-/m0/s1. The van der Waals surface area contributed by atoms with E-state index >= 15 is 0 Å². The molecule has 4 N–H and O–H groups in total. The van der Waals surface area contributed by atoms with E-state index in [0.717, 1.165) is 12.8 Å². The summed E-state index contributed by atoms with van der Waals surface area (Å²) in [6.45, 7) is 6.20. The average Bonchev–Trinajstić information content (AvgIpc) is 2.18. The summed E-state index contributed by atoms with van der Waals surface area (Å²) in [5, 5.41) is 11.7. The van der Waals surface area contributed by atoms with E-state index in [-0.39, 0.29) is 5.91 Å². The molecule has 4 heteroatoms. The Kier molecular flexibility index (Phi) is 5.72. The fraction of sp³-hybridized carbons (Fsp3) is 0.900. The first kappa shape index (κ1) is 13.4. The van der Waals surface area contributed by atoms with Crippen LogP contribution in [0.5, 0.6) is 0 Å². The summed E-state index contributed by atoms with van der Waals surface area (Å²) in [5.74, 6) is -0.0501. The fourth-order valence-electron chi connectivity index (χ4n) is 1.38. The molecule has 0 bridgehead atoms. The zero-order valence-electron chi connectivity index (χ0n) is 9.34. The molecule has 0 rings (SSSR count). The number of nitrogens with two attached hydrogens (primary N) is 1. The molecule has 4 nitrogen and oxygen atoms in total. The van der Waals surface area contributed by atoms with Crippen molar-refractivity contribution in [1.29, 1.82) is 0 Å². The molecule has 0 aliphatic carbocycles. The van der Waals surface area contributed by atoms with Gasteiger partial charge in [0.25, 0.3) is 0 Å². The zero-order valence-corrected chi connectivity index (χ0v) is 9.34. The largest absolute Gasteiger partial charge is 0.392 e. The Balaban J connectivity index is 4.29. The molecule has 0 aromatic rings. The van der Waals surface area contributed by atoms with Crippen LogP contribution in [0.2, 0.25) is 0 Å². The summed E-state index contributed by atoms with van der Waals surface area (Å²) in [6, 6.07) is 0. The van der Waals surface area contributed by atoms with Crippen LogP contribution >= 0.6 is 0 Å². The van der Waals surface area contributed by atoms with Crippen molar-refractivity contribution in [2.45, 2.75) is 39.7 Å². The SMILES string of the molecule is CCC(CC)(CN)C(=O)NC[C@H](C)O. The Morgan fingerprint density at radius 1 is 1.50 bits per heavy atom. The molecule has 0 aliphatic heterocycles. The van der Waals surface area contributed by atoms with Crippen LogP contribution in [0.25, 0.3) is 0 Å². The second kappa shape index (κ2) is 5.98. The molecule has 0 aromatic heterocycles. The maximum Gasteiger partial charge on any atom is 0.227 e. The third kappa shape index (κ3) is 3.27. The first-order valence-corrected chi connectivity index (χ1v) is 5.18. The minimum atomic E-state index is -0.511. The Labute approximate surface area is 85.9 Å². The van der Waals surface area contributed by atoms with Crippen LogP contribution in [0.15, 0.2) is 0 Å². The van der Waals surface area contributed by atoms with Gasteiger partial charge in [-0.3, -0.25) is 4.79 Å². The average molecular weight is 202 g/mol. The lowest BCUT2D eigenvalue weighted by Gasteiger charge is -2.28. The van der Waals surface area contributed by atoms with Crippen LogP contribution in [0.3, 0.4) is 0 Å². The third-order valence-electron chi connectivity index (χ3n) is 2.78. The molecule has 84 valence electrons. The molecular formula is C10H22N2O2. The first-order chi connectivity index (χ1) is 6.52. The van der Waals surface area contributed by atoms with Crippen molar-refractivity contribution in [3.05, 3.63) is 0 Å². The molecule has 0 radical (unpaired) electrons. The Bertz CT molecular complexity index is 169. The highest BCUT2D eigenvalue weighted by molar-refractivity contribution is 5.82. The quantitative estimate of drug-likeness (QED) is 0.578. The van der Waals surface area contributed by atoms with Crippen molar-refractivity contribution >= 4 is 5.91 Å². The zero-order chi connectivity index (χ0) is 11.2. The predicted molar refractivity (Wildman–Crippen MR) is 56.8 cm³/mol. The summed E-state index contributed by atoms with van der Waals surface area (Å²) in [4.78, 5) is 11.8. The number of rotatable bonds is 6. The monoisotopic (exact) mass is 202 g/mol. The van der Waals surface area contributed by atoms with E-state index in [1.165, 1.54) is 0 Å². The number of carbonyl (C=O) groups is 1. The predicted octanol–water partition coefficient (Wildman–Crippen LogP) is 0.249. The summed E-state index contributed by atoms with van der Waals surface area (Å²) in [7, 11) is 0. The molecule has 14 heavy (non-hydrogen) atoms. The van der Waals surface area contributed by atoms with Gasteiger partial charge in [0.1, 0.15) is 0 Å². The molecule has 0 spiro atoms. The highest BCUT2D eigenvalue weighted by Gasteiger charge is 2.32. The number of hydrogen-bond donors (Lipinski definition) is 3. The lowest BCUT2D eigenvalue weighted by atomic mass is 9.81. The van der Waals surface area contributed by atoms with Gasteiger partial charge in [0.15, 0.2) is 0 Å². The lowest BCUT2D eigenvalue weighted by Crippen LogP contribution is -2.46. The van der Waals surface area contributed by atoms with Crippen LogP contribution in [-0.2, 0) is 4.79 Å². The summed E-state index contributed by atoms with van der Waals surface area (Å²) < 4.78 is 0. The van der Waals surface area contributed by atoms with E-state index in [0.29, 0.717) is 13.1 Å². The molecule has 0 saturated heterocycles. The van der Waals surface area contributed by atoms with Gasteiger partial charge in [-0.15, -0.1) is 0 Å². The van der Waals surface area contributed by atoms with Gasteiger partial charge in [-0.25, -0.2) is 0 Å². The molecule has 0 fully saturated rings. The summed E-state index contributed by atoms with van der Waals surface area (Å²) in [6.07, 6.45) is 0.945. The van der Waals surface area contributed by atoms with Gasteiger partial charge >= 0.3 is 0 Å². The van der Waals surface area contributed by atoms with Gasteiger partial charge in [-0.1, -0.05) is 13.8 Å². The van der Waals surface area contributed by atoms with Gasteiger partial charge < -0.3 is 16.2 Å². The molecule has 1 amide bonds. The van der Waals surface area contributed by atoms with Crippen molar-refractivity contribution < 1.29 is 9.90 Å². The van der Waals surface area contributed by atoms with E-state index in [4.69, 9.17) is 10.8 Å². The van der Waals surface area contributed by atoms with Crippen molar-refractivity contribution in [3.63, 3.8) is 0 Å². The number of aliphatic hydroxyl groups is 1. The molecular weight excluding hydrogens is 180 g/mol. The second-order valence-corrected chi connectivity index (χ2v) is 3.75. The fourth-order valence-corrected chi connectivity index (χ4v) is 1.38. The number of carbonyl (C=O) groups excluding carboxylic acids is 1. The number of hydrogen-bond acceptors (Lipinski definition) is 3. The number of nitrogens with one attached hydrogen (secondary N) is 1. The van der Waals surface area contributed by atoms with Crippen molar-refractivity contribution in [2.75, 3.05) is 13.1 Å². The Morgan fingerprint density at radius 3 is 2.29 bits per heavy atom.